The van der Waals surface area contributed by atoms with E-state index in [1.54, 1.807) is 24.3 Å². The van der Waals surface area contributed by atoms with E-state index in [2.05, 4.69) is 5.48 Å². The fourth-order valence-corrected chi connectivity index (χ4v) is 1.05. The van der Waals surface area contributed by atoms with Gasteiger partial charge in [-0.05, 0) is 24.3 Å². The van der Waals surface area contributed by atoms with Crippen LogP contribution in [0.2, 0.25) is 0 Å². The highest BCUT2D eigenvalue weighted by Gasteiger charge is 2.07. The summed E-state index contributed by atoms with van der Waals surface area (Å²) in [6.07, 6.45) is 1.43. The van der Waals surface area contributed by atoms with Crippen molar-refractivity contribution < 1.29 is 14.0 Å². The molecule has 0 radical (unpaired) electrons. The summed E-state index contributed by atoms with van der Waals surface area (Å²) in [5.74, 6) is 0.368. The summed E-state index contributed by atoms with van der Waals surface area (Å²) in [5.41, 5.74) is 2.27. The average Bonchev–Trinajstić information content (AvgIpc) is 2.81. The molecule has 0 aliphatic rings. The normalized spacial score (nSPS) is 9.60. The molecule has 0 aliphatic heterocycles. The first-order valence-electron chi connectivity index (χ1n) is 4.42. The Balaban J connectivity index is 1.92. The van der Waals surface area contributed by atoms with E-state index in [4.69, 9.17) is 9.25 Å². The summed E-state index contributed by atoms with van der Waals surface area (Å²) >= 11 is 0. The van der Waals surface area contributed by atoms with Gasteiger partial charge in [0.25, 0.3) is 0 Å². The van der Waals surface area contributed by atoms with Gasteiger partial charge in [-0.15, -0.1) is 0 Å². The zero-order valence-corrected chi connectivity index (χ0v) is 7.84. The summed E-state index contributed by atoms with van der Waals surface area (Å²) < 4.78 is 4.89. The zero-order chi connectivity index (χ0) is 10.5. The van der Waals surface area contributed by atoms with E-state index in [-0.39, 0.29) is 5.76 Å². The van der Waals surface area contributed by atoms with Crippen LogP contribution in [0.15, 0.2) is 53.1 Å². The zero-order valence-electron chi connectivity index (χ0n) is 7.84. The van der Waals surface area contributed by atoms with Crippen LogP contribution in [0.1, 0.15) is 10.6 Å². The fourth-order valence-electron chi connectivity index (χ4n) is 1.05. The van der Waals surface area contributed by atoms with Crippen LogP contribution < -0.4 is 10.3 Å². The largest absolute Gasteiger partial charge is 0.459 e. The molecule has 1 heterocycles. The third-order valence-electron chi connectivity index (χ3n) is 1.75. The summed E-state index contributed by atoms with van der Waals surface area (Å²) in [6, 6.07) is 12.2. The van der Waals surface area contributed by atoms with Crippen LogP contribution in [0.25, 0.3) is 0 Å². The molecule has 1 aromatic carbocycles. The number of benzene rings is 1. The fraction of sp³-hybridized carbons (Fsp3) is 0. The van der Waals surface area contributed by atoms with Gasteiger partial charge in [0.15, 0.2) is 11.5 Å². The Kier molecular flexibility index (Phi) is 2.69. The van der Waals surface area contributed by atoms with Crippen molar-refractivity contribution >= 4 is 5.91 Å². The topological polar surface area (TPSA) is 51.5 Å². The van der Waals surface area contributed by atoms with Gasteiger partial charge in [0.2, 0.25) is 0 Å². The lowest BCUT2D eigenvalue weighted by Crippen LogP contribution is -2.26. The molecule has 4 heteroatoms. The van der Waals surface area contributed by atoms with Crippen molar-refractivity contribution in [3.05, 3.63) is 54.5 Å². The standard InChI is InChI=1S/C11H9NO3/c13-11(10-7-4-8-14-10)12-15-9-5-2-1-3-6-9/h1-8H,(H,12,13). The van der Waals surface area contributed by atoms with Crippen LogP contribution in [0.3, 0.4) is 0 Å². The van der Waals surface area contributed by atoms with E-state index < -0.39 is 5.91 Å². The number of nitrogens with one attached hydrogen (secondary N) is 1. The number of hydrogen-bond donors (Lipinski definition) is 1. The second kappa shape index (κ2) is 4.32. The molecular weight excluding hydrogens is 194 g/mol. The number of rotatable bonds is 3. The van der Waals surface area contributed by atoms with Gasteiger partial charge in [-0.3, -0.25) is 4.79 Å². The lowest BCUT2D eigenvalue weighted by Gasteiger charge is -2.04. The first-order valence-corrected chi connectivity index (χ1v) is 4.42. The van der Waals surface area contributed by atoms with Gasteiger partial charge in [0.1, 0.15) is 0 Å². The molecule has 0 saturated carbocycles. The van der Waals surface area contributed by atoms with Crippen molar-refractivity contribution in [2.75, 3.05) is 0 Å². The predicted molar refractivity (Wildman–Crippen MR) is 53.2 cm³/mol. The van der Waals surface area contributed by atoms with Crippen molar-refractivity contribution in [3.8, 4) is 5.75 Å². The Bertz CT molecular complexity index is 422. The molecule has 1 aromatic heterocycles. The summed E-state index contributed by atoms with van der Waals surface area (Å²) in [7, 11) is 0. The number of para-hydroxylation sites is 1. The molecule has 0 saturated heterocycles. The lowest BCUT2D eigenvalue weighted by molar-refractivity contribution is 0.0730. The van der Waals surface area contributed by atoms with Crippen molar-refractivity contribution in [2.45, 2.75) is 0 Å². The monoisotopic (exact) mass is 203 g/mol. The van der Waals surface area contributed by atoms with Gasteiger partial charge in [-0.2, -0.15) is 5.48 Å². The number of amides is 1. The minimum Gasteiger partial charge on any atom is -0.459 e. The molecule has 4 nitrogen and oxygen atoms in total. The smallest absolute Gasteiger partial charge is 0.319 e. The maximum Gasteiger partial charge on any atom is 0.319 e. The van der Waals surface area contributed by atoms with Crippen LogP contribution in [0, 0.1) is 0 Å². The molecule has 0 atom stereocenters. The van der Waals surface area contributed by atoms with Gasteiger partial charge < -0.3 is 9.25 Å². The minimum atomic E-state index is -0.413. The Morgan fingerprint density at radius 3 is 2.60 bits per heavy atom. The maximum absolute atomic E-state index is 11.3. The number of carbonyl (C=O) groups is 1. The molecular formula is C11H9NO3. The highest BCUT2D eigenvalue weighted by Crippen LogP contribution is 2.07. The van der Waals surface area contributed by atoms with Crippen molar-refractivity contribution in [1.29, 1.82) is 0 Å². The van der Waals surface area contributed by atoms with Gasteiger partial charge in [0, 0.05) is 0 Å². The SMILES string of the molecule is O=C(NOc1ccccc1)c1ccco1. The van der Waals surface area contributed by atoms with E-state index in [1.165, 1.54) is 6.26 Å². The molecule has 76 valence electrons. The predicted octanol–water partition coefficient (Wildman–Crippen LogP) is 2.00. The second-order valence-corrected chi connectivity index (χ2v) is 2.82. The minimum absolute atomic E-state index is 0.214. The van der Waals surface area contributed by atoms with Crippen molar-refractivity contribution in [1.82, 2.24) is 5.48 Å². The van der Waals surface area contributed by atoms with E-state index in [9.17, 15) is 4.79 Å². The number of hydroxylamine groups is 1. The summed E-state index contributed by atoms with van der Waals surface area (Å²) in [6.45, 7) is 0. The lowest BCUT2D eigenvalue weighted by atomic mass is 10.3. The third-order valence-corrected chi connectivity index (χ3v) is 1.75. The molecule has 0 fully saturated rings. The molecule has 0 bridgehead atoms. The van der Waals surface area contributed by atoms with E-state index in [1.807, 2.05) is 18.2 Å². The van der Waals surface area contributed by atoms with E-state index in [0.29, 0.717) is 5.75 Å². The first kappa shape index (κ1) is 9.33. The number of hydrogen-bond acceptors (Lipinski definition) is 3. The Labute approximate surface area is 86.4 Å². The van der Waals surface area contributed by atoms with Crippen molar-refractivity contribution in [2.24, 2.45) is 0 Å². The highest BCUT2D eigenvalue weighted by molar-refractivity contribution is 5.90. The number of furan rings is 1. The van der Waals surface area contributed by atoms with Crippen LogP contribution in [0.4, 0.5) is 0 Å². The van der Waals surface area contributed by atoms with Crippen LogP contribution >= 0.6 is 0 Å². The van der Waals surface area contributed by atoms with Crippen LogP contribution in [-0.4, -0.2) is 5.91 Å². The Hall–Kier alpha value is -2.23. The molecule has 0 unspecified atom stereocenters. The average molecular weight is 203 g/mol. The quantitative estimate of drug-likeness (QED) is 0.776. The first-order chi connectivity index (χ1) is 7.36. The Morgan fingerprint density at radius 1 is 1.13 bits per heavy atom. The highest BCUT2D eigenvalue weighted by atomic mass is 16.7. The van der Waals surface area contributed by atoms with Crippen molar-refractivity contribution in [3.63, 3.8) is 0 Å². The van der Waals surface area contributed by atoms with Gasteiger partial charge in [-0.25, -0.2) is 0 Å². The molecule has 1 N–H and O–H groups in total. The van der Waals surface area contributed by atoms with Gasteiger partial charge in [-0.1, -0.05) is 18.2 Å². The van der Waals surface area contributed by atoms with Crippen LogP contribution in [0.5, 0.6) is 5.75 Å². The third kappa shape index (κ3) is 2.37. The van der Waals surface area contributed by atoms with Gasteiger partial charge in [0.05, 0.1) is 6.26 Å². The Morgan fingerprint density at radius 2 is 1.93 bits per heavy atom. The molecule has 1 amide bonds. The second-order valence-electron chi connectivity index (χ2n) is 2.82. The number of carbonyl (C=O) groups excluding carboxylic acids is 1. The van der Waals surface area contributed by atoms with Gasteiger partial charge >= 0.3 is 5.91 Å². The molecule has 2 aromatic rings. The molecule has 0 spiro atoms. The van der Waals surface area contributed by atoms with Crippen LogP contribution in [-0.2, 0) is 0 Å². The summed E-state index contributed by atoms with van der Waals surface area (Å²) in [5, 5.41) is 0. The van der Waals surface area contributed by atoms with E-state index >= 15 is 0 Å². The van der Waals surface area contributed by atoms with E-state index in [0.717, 1.165) is 0 Å². The maximum atomic E-state index is 11.3. The summed E-state index contributed by atoms with van der Waals surface area (Å²) in [4.78, 5) is 16.4. The molecule has 2 rings (SSSR count). The molecule has 0 aliphatic carbocycles. The molecule has 15 heavy (non-hydrogen) atoms.